The van der Waals surface area contributed by atoms with Gasteiger partial charge in [0.25, 0.3) is 0 Å². The van der Waals surface area contributed by atoms with E-state index in [-0.39, 0.29) is 23.1 Å². The van der Waals surface area contributed by atoms with Crippen LogP contribution in [0.1, 0.15) is 31.9 Å². The summed E-state index contributed by atoms with van der Waals surface area (Å²) in [5.41, 5.74) is 0.758. The van der Waals surface area contributed by atoms with Gasteiger partial charge >= 0.3 is 0 Å². The molecule has 1 heterocycles. The second kappa shape index (κ2) is 5.66. The van der Waals surface area contributed by atoms with Gasteiger partial charge in [0.05, 0.1) is 23.1 Å². The summed E-state index contributed by atoms with van der Waals surface area (Å²) >= 11 is 3.47. The first-order chi connectivity index (χ1) is 9.25. The Morgan fingerprint density at radius 2 is 2.15 bits per heavy atom. The van der Waals surface area contributed by atoms with Crippen molar-refractivity contribution in [2.24, 2.45) is 0 Å². The van der Waals surface area contributed by atoms with Crippen LogP contribution in [0.3, 0.4) is 0 Å². The lowest BCUT2D eigenvalue weighted by atomic mass is 9.98. The van der Waals surface area contributed by atoms with Gasteiger partial charge in [0.1, 0.15) is 5.75 Å². The number of hydrogen-bond donors (Lipinski definition) is 1. The van der Waals surface area contributed by atoms with E-state index < -0.39 is 9.84 Å². The minimum atomic E-state index is -2.89. The van der Waals surface area contributed by atoms with Gasteiger partial charge in [-0.05, 0) is 53.9 Å². The third kappa shape index (κ3) is 3.54. The van der Waals surface area contributed by atoms with E-state index in [1.807, 2.05) is 32.0 Å². The van der Waals surface area contributed by atoms with Gasteiger partial charge in [0.15, 0.2) is 9.84 Å². The van der Waals surface area contributed by atoms with Crippen LogP contribution in [0, 0.1) is 0 Å². The standard InChI is InChI=1S/C14H20BrNO3S/c1-10(11-4-5-13(19-3)12(15)8-11)16-14(2)6-7-20(17,18)9-14/h4-5,8,10,16H,6-7,9H2,1-3H3. The maximum atomic E-state index is 11.6. The van der Waals surface area contributed by atoms with Crippen molar-refractivity contribution < 1.29 is 13.2 Å². The minimum absolute atomic E-state index is 0.0792. The first-order valence-electron chi connectivity index (χ1n) is 6.56. The van der Waals surface area contributed by atoms with Crippen LogP contribution < -0.4 is 10.1 Å². The molecule has 1 fully saturated rings. The van der Waals surface area contributed by atoms with Crippen molar-refractivity contribution >= 4 is 25.8 Å². The van der Waals surface area contributed by atoms with Gasteiger partial charge in [0.2, 0.25) is 0 Å². The fourth-order valence-corrected chi connectivity index (χ4v) is 5.34. The molecule has 2 rings (SSSR count). The van der Waals surface area contributed by atoms with Gasteiger partial charge in [0, 0.05) is 11.6 Å². The number of rotatable bonds is 4. The Morgan fingerprint density at radius 1 is 1.45 bits per heavy atom. The average Bonchev–Trinajstić information content (AvgIpc) is 2.63. The summed E-state index contributed by atoms with van der Waals surface area (Å²) in [7, 11) is -1.26. The van der Waals surface area contributed by atoms with Crippen molar-refractivity contribution in [1.29, 1.82) is 0 Å². The molecule has 1 N–H and O–H groups in total. The fourth-order valence-electron chi connectivity index (χ4n) is 2.68. The van der Waals surface area contributed by atoms with Gasteiger partial charge in [-0.3, -0.25) is 0 Å². The average molecular weight is 362 g/mol. The molecule has 0 spiro atoms. The van der Waals surface area contributed by atoms with Gasteiger partial charge in [-0.15, -0.1) is 0 Å². The maximum Gasteiger partial charge on any atom is 0.152 e. The summed E-state index contributed by atoms with van der Waals surface area (Å²) in [6, 6.07) is 5.98. The SMILES string of the molecule is COc1ccc(C(C)NC2(C)CCS(=O)(=O)C2)cc1Br. The molecule has 0 radical (unpaired) electrons. The van der Waals surface area contributed by atoms with Crippen molar-refractivity contribution in [2.75, 3.05) is 18.6 Å². The Kier molecular flexibility index (Phi) is 4.47. The highest BCUT2D eigenvalue weighted by Crippen LogP contribution is 2.30. The Hall–Kier alpha value is -0.590. The van der Waals surface area contributed by atoms with Crippen LogP contribution >= 0.6 is 15.9 Å². The summed E-state index contributed by atoms with van der Waals surface area (Å²) in [4.78, 5) is 0. The second-order valence-electron chi connectivity index (χ2n) is 5.66. The van der Waals surface area contributed by atoms with Crippen molar-refractivity contribution in [2.45, 2.75) is 31.8 Å². The number of nitrogens with one attached hydrogen (secondary N) is 1. The largest absolute Gasteiger partial charge is 0.496 e. The van der Waals surface area contributed by atoms with Gasteiger partial charge < -0.3 is 10.1 Å². The smallest absolute Gasteiger partial charge is 0.152 e. The molecule has 2 atom stereocenters. The molecule has 1 aliphatic heterocycles. The van der Waals surface area contributed by atoms with Crippen LogP contribution in [-0.4, -0.2) is 32.6 Å². The van der Waals surface area contributed by atoms with Gasteiger partial charge in [-0.25, -0.2) is 8.42 Å². The molecule has 0 amide bonds. The van der Waals surface area contributed by atoms with Crippen LogP contribution in [0.25, 0.3) is 0 Å². The normalized spacial score (nSPS) is 26.4. The Balaban J connectivity index is 2.12. The molecule has 1 aliphatic rings. The van der Waals surface area contributed by atoms with E-state index in [4.69, 9.17) is 4.74 Å². The van der Waals surface area contributed by atoms with E-state index in [1.165, 1.54) is 0 Å². The van der Waals surface area contributed by atoms with Gasteiger partial charge in [-0.1, -0.05) is 6.07 Å². The molecule has 1 aromatic carbocycles. The number of halogens is 1. The molecule has 1 saturated heterocycles. The zero-order valence-electron chi connectivity index (χ0n) is 11.9. The lowest BCUT2D eigenvalue weighted by Gasteiger charge is -2.29. The van der Waals surface area contributed by atoms with E-state index in [1.54, 1.807) is 7.11 Å². The molecule has 20 heavy (non-hydrogen) atoms. The van der Waals surface area contributed by atoms with Crippen molar-refractivity contribution in [3.05, 3.63) is 28.2 Å². The molecule has 0 aromatic heterocycles. The van der Waals surface area contributed by atoms with Crippen molar-refractivity contribution in [1.82, 2.24) is 5.32 Å². The maximum absolute atomic E-state index is 11.6. The molecular formula is C14H20BrNO3S. The Labute approximate surface area is 129 Å². The van der Waals surface area contributed by atoms with Gasteiger partial charge in [-0.2, -0.15) is 0 Å². The lowest BCUT2D eigenvalue weighted by molar-refractivity contribution is 0.355. The number of sulfone groups is 1. The number of methoxy groups -OCH3 is 1. The highest BCUT2D eigenvalue weighted by molar-refractivity contribution is 9.10. The minimum Gasteiger partial charge on any atom is -0.496 e. The van der Waals surface area contributed by atoms with E-state index in [9.17, 15) is 8.42 Å². The van der Waals surface area contributed by atoms with Crippen molar-refractivity contribution in [3.63, 3.8) is 0 Å². The summed E-state index contributed by atoms with van der Waals surface area (Å²) in [5.74, 6) is 1.27. The predicted octanol–water partition coefficient (Wildman–Crippen LogP) is 2.69. The van der Waals surface area contributed by atoms with Crippen LogP contribution in [-0.2, 0) is 9.84 Å². The van der Waals surface area contributed by atoms with E-state index >= 15 is 0 Å². The summed E-state index contributed by atoms with van der Waals surface area (Å²) < 4.78 is 29.4. The van der Waals surface area contributed by atoms with E-state index in [0.717, 1.165) is 15.8 Å². The first-order valence-corrected chi connectivity index (χ1v) is 9.18. The summed E-state index contributed by atoms with van der Waals surface area (Å²) in [6.45, 7) is 4.02. The topological polar surface area (TPSA) is 55.4 Å². The third-order valence-electron chi connectivity index (χ3n) is 3.74. The van der Waals surface area contributed by atoms with Crippen LogP contribution in [0.15, 0.2) is 22.7 Å². The van der Waals surface area contributed by atoms with Crippen molar-refractivity contribution in [3.8, 4) is 5.75 Å². The Bertz CT molecular complexity index is 602. The third-order valence-corrected chi connectivity index (χ3v) is 6.27. The molecule has 2 unspecified atom stereocenters. The van der Waals surface area contributed by atoms with Crippen LogP contribution in [0.5, 0.6) is 5.75 Å². The quantitative estimate of drug-likeness (QED) is 0.895. The fraction of sp³-hybridized carbons (Fsp3) is 0.571. The number of hydrogen-bond acceptors (Lipinski definition) is 4. The molecule has 0 saturated carbocycles. The van der Waals surface area contributed by atoms with E-state index in [0.29, 0.717) is 6.42 Å². The molecule has 4 nitrogen and oxygen atoms in total. The zero-order valence-corrected chi connectivity index (χ0v) is 14.3. The molecule has 112 valence electrons. The van der Waals surface area contributed by atoms with Crippen LogP contribution in [0.2, 0.25) is 0 Å². The van der Waals surface area contributed by atoms with Crippen LogP contribution in [0.4, 0.5) is 0 Å². The highest BCUT2D eigenvalue weighted by Gasteiger charge is 2.39. The van der Waals surface area contributed by atoms with E-state index in [2.05, 4.69) is 21.2 Å². The number of ether oxygens (including phenoxy) is 1. The number of benzene rings is 1. The molecule has 0 bridgehead atoms. The molecule has 1 aromatic rings. The second-order valence-corrected chi connectivity index (χ2v) is 8.70. The monoisotopic (exact) mass is 361 g/mol. The molecule has 6 heteroatoms. The first kappa shape index (κ1) is 15.8. The lowest BCUT2D eigenvalue weighted by Crippen LogP contribution is -2.44. The predicted molar refractivity (Wildman–Crippen MR) is 83.9 cm³/mol. The Morgan fingerprint density at radius 3 is 2.65 bits per heavy atom. The summed E-state index contributed by atoms with van der Waals surface area (Å²) in [6.07, 6.45) is 0.664. The molecular weight excluding hydrogens is 342 g/mol. The molecule has 0 aliphatic carbocycles. The zero-order chi connectivity index (χ0) is 15.0. The summed E-state index contributed by atoms with van der Waals surface area (Å²) in [5, 5.41) is 3.45. The highest BCUT2D eigenvalue weighted by atomic mass is 79.9.